The van der Waals surface area contributed by atoms with Crippen molar-refractivity contribution >= 4 is 49.9 Å². The quantitative estimate of drug-likeness (QED) is 0.179. The molecule has 0 fully saturated rings. The highest BCUT2D eigenvalue weighted by molar-refractivity contribution is 7.92. The Kier molecular flexibility index (Phi) is 8.64. The maximum absolute atomic E-state index is 12.4. The van der Waals surface area contributed by atoms with Gasteiger partial charge in [0.15, 0.2) is 0 Å². The van der Waals surface area contributed by atoms with Gasteiger partial charge in [-0.05, 0) is 48.0 Å². The van der Waals surface area contributed by atoms with E-state index >= 15 is 0 Å². The summed E-state index contributed by atoms with van der Waals surface area (Å²) in [7, 11) is -1.97. The van der Waals surface area contributed by atoms with Crippen molar-refractivity contribution in [1.29, 1.82) is 5.26 Å². The standard InChI is InChI=1S/C22H19ClN4O6S2/c1-31-16-4-6-17(7-5-16)32-9-10-33-19-8-3-14(12-18(19)23)11-15(13-24)20(28)25-21-26-27-22(34-21)35(2,29)30/h3-8,11-12H,9-10H2,1-2H3,(H,25,26,28)/b15-11-. The summed E-state index contributed by atoms with van der Waals surface area (Å²) in [5.41, 5.74) is 0.247. The number of carbonyl (C=O) groups excluding carboxylic acids is 1. The van der Waals surface area contributed by atoms with Crippen LogP contribution in [0.15, 0.2) is 52.4 Å². The third-order valence-corrected chi connectivity index (χ3v) is 7.05. The van der Waals surface area contributed by atoms with Gasteiger partial charge in [-0.1, -0.05) is 29.0 Å². The number of sulfone groups is 1. The van der Waals surface area contributed by atoms with Crippen molar-refractivity contribution < 1.29 is 27.4 Å². The fourth-order valence-corrected chi connectivity index (χ4v) is 4.34. The molecule has 0 aliphatic heterocycles. The highest BCUT2D eigenvalue weighted by Gasteiger charge is 2.17. The van der Waals surface area contributed by atoms with Crippen LogP contribution in [-0.2, 0) is 14.6 Å². The highest BCUT2D eigenvalue weighted by Crippen LogP contribution is 2.27. The molecular weight excluding hydrogens is 516 g/mol. The minimum atomic E-state index is -3.55. The van der Waals surface area contributed by atoms with Crippen molar-refractivity contribution in [2.24, 2.45) is 0 Å². The summed E-state index contributed by atoms with van der Waals surface area (Å²) in [5.74, 6) is 1.04. The summed E-state index contributed by atoms with van der Waals surface area (Å²) in [4.78, 5) is 12.4. The number of carbonyl (C=O) groups is 1. The molecule has 182 valence electrons. The number of nitrogens with one attached hydrogen (secondary N) is 1. The number of ether oxygens (including phenoxy) is 3. The largest absolute Gasteiger partial charge is 0.497 e. The Balaban J connectivity index is 1.58. The molecule has 0 bridgehead atoms. The predicted octanol–water partition coefficient (Wildman–Crippen LogP) is 3.61. The summed E-state index contributed by atoms with van der Waals surface area (Å²) in [6.45, 7) is 0.528. The zero-order chi connectivity index (χ0) is 25.4. The van der Waals surface area contributed by atoms with Crippen molar-refractivity contribution in [3.63, 3.8) is 0 Å². The minimum Gasteiger partial charge on any atom is -0.497 e. The van der Waals surface area contributed by atoms with Gasteiger partial charge in [0.25, 0.3) is 5.91 Å². The van der Waals surface area contributed by atoms with E-state index in [1.54, 1.807) is 55.6 Å². The fourth-order valence-electron chi connectivity index (χ4n) is 2.60. The van der Waals surface area contributed by atoms with Crippen LogP contribution in [-0.4, -0.2) is 51.1 Å². The van der Waals surface area contributed by atoms with Gasteiger partial charge in [0.2, 0.25) is 19.3 Å². The molecule has 10 nitrogen and oxygen atoms in total. The van der Waals surface area contributed by atoms with Gasteiger partial charge < -0.3 is 14.2 Å². The van der Waals surface area contributed by atoms with Crippen LogP contribution in [0.4, 0.5) is 5.13 Å². The summed E-state index contributed by atoms with van der Waals surface area (Å²) >= 11 is 6.96. The van der Waals surface area contributed by atoms with E-state index in [4.69, 9.17) is 25.8 Å². The third kappa shape index (κ3) is 7.41. The van der Waals surface area contributed by atoms with Crippen LogP contribution in [0.5, 0.6) is 17.2 Å². The first-order chi connectivity index (χ1) is 16.7. The Morgan fingerprint density at radius 2 is 1.83 bits per heavy atom. The number of rotatable bonds is 10. The van der Waals surface area contributed by atoms with Gasteiger partial charge in [0.1, 0.15) is 42.1 Å². The van der Waals surface area contributed by atoms with Gasteiger partial charge in [0.05, 0.1) is 12.1 Å². The first kappa shape index (κ1) is 26.0. The molecule has 1 amide bonds. The van der Waals surface area contributed by atoms with E-state index in [1.165, 1.54) is 6.08 Å². The van der Waals surface area contributed by atoms with Crippen LogP contribution >= 0.6 is 22.9 Å². The lowest BCUT2D eigenvalue weighted by Crippen LogP contribution is -2.13. The second-order valence-corrected chi connectivity index (χ2v) is 10.4. The van der Waals surface area contributed by atoms with Crippen LogP contribution in [0.3, 0.4) is 0 Å². The number of hydrogen-bond acceptors (Lipinski definition) is 10. The predicted molar refractivity (Wildman–Crippen MR) is 131 cm³/mol. The summed E-state index contributed by atoms with van der Waals surface area (Å²) < 4.78 is 39.1. The van der Waals surface area contributed by atoms with Gasteiger partial charge in [-0.2, -0.15) is 5.26 Å². The zero-order valence-electron chi connectivity index (χ0n) is 18.5. The van der Waals surface area contributed by atoms with Gasteiger partial charge in [-0.25, -0.2) is 8.42 Å². The summed E-state index contributed by atoms with van der Waals surface area (Å²) in [6, 6.07) is 13.7. The van der Waals surface area contributed by atoms with Gasteiger partial charge in [0, 0.05) is 6.26 Å². The third-order valence-electron chi connectivity index (χ3n) is 4.25. The lowest BCUT2D eigenvalue weighted by Gasteiger charge is -2.10. The lowest BCUT2D eigenvalue weighted by molar-refractivity contribution is -0.112. The molecule has 1 aromatic heterocycles. The second-order valence-electron chi connectivity index (χ2n) is 6.83. The van der Waals surface area contributed by atoms with E-state index in [0.717, 1.165) is 12.0 Å². The molecule has 0 radical (unpaired) electrons. The highest BCUT2D eigenvalue weighted by atomic mass is 35.5. The first-order valence-corrected chi connectivity index (χ1v) is 12.9. The van der Waals surface area contributed by atoms with Crippen LogP contribution < -0.4 is 19.5 Å². The smallest absolute Gasteiger partial charge is 0.268 e. The Morgan fingerprint density at radius 1 is 1.14 bits per heavy atom. The van der Waals surface area contributed by atoms with Crippen LogP contribution in [0.1, 0.15) is 5.56 Å². The molecule has 0 saturated heterocycles. The number of amides is 1. The topological polar surface area (TPSA) is 140 Å². The molecule has 0 unspecified atom stereocenters. The molecule has 13 heteroatoms. The van der Waals surface area contributed by atoms with E-state index in [9.17, 15) is 18.5 Å². The Morgan fingerprint density at radius 3 is 2.43 bits per heavy atom. The maximum atomic E-state index is 12.4. The van der Waals surface area contributed by atoms with Crippen molar-refractivity contribution in [3.05, 3.63) is 58.6 Å². The van der Waals surface area contributed by atoms with E-state index < -0.39 is 15.7 Å². The zero-order valence-corrected chi connectivity index (χ0v) is 20.9. The number of methoxy groups -OCH3 is 1. The van der Waals surface area contributed by atoms with E-state index in [1.807, 2.05) is 0 Å². The van der Waals surface area contributed by atoms with Crippen LogP contribution in [0.25, 0.3) is 6.08 Å². The Labute approximate surface area is 210 Å². The minimum absolute atomic E-state index is 0.0461. The molecule has 0 atom stereocenters. The second kappa shape index (κ2) is 11.7. The fraction of sp³-hybridized carbons (Fsp3) is 0.182. The molecule has 0 saturated carbocycles. The van der Waals surface area contributed by atoms with Crippen LogP contribution in [0.2, 0.25) is 5.02 Å². The molecule has 0 spiro atoms. The molecular formula is C22H19ClN4O6S2. The van der Waals surface area contributed by atoms with Gasteiger partial charge in [-0.15, -0.1) is 10.2 Å². The van der Waals surface area contributed by atoms with Gasteiger partial charge in [-0.3, -0.25) is 10.1 Å². The maximum Gasteiger partial charge on any atom is 0.268 e. The number of nitrogens with zero attached hydrogens (tertiary/aromatic N) is 3. The lowest BCUT2D eigenvalue weighted by atomic mass is 10.1. The Bertz CT molecular complexity index is 1380. The average Bonchev–Trinajstić information content (AvgIpc) is 3.31. The number of benzene rings is 2. The first-order valence-electron chi connectivity index (χ1n) is 9.85. The number of nitriles is 1. The number of halogens is 1. The molecule has 35 heavy (non-hydrogen) atoms. The SMILES string of the molecule is COc1ccc(OCCOc2ccc(/C=C(/C#N)C(=O)Nc3nnc(S(C)(=O)=O)s3)cc2Cl)cc1. The normalized spacial score (nSPS) is 11.4. The molecule has 0 aliphatic rings. The monoisotopic (exact) mass is 534 g/mol. The molecule has 3 rings (SSSR count). The molecule has 3 aromatic rings. The summed E-state index contributed by atoms with van der Waals surface area (Å²) in [5, 5.41) is 19.1. The summed E-state index contributed by atoms with van der Waals surface area (Å²) in [6.07, 6.45) is 2.31. The number of hydrogen-bond donors (Lipinski definition) is 1. The van der Waals surface area contributed by atoms with Crippen LogP contribution in [0, 0.1) is 11.3 Å². The van der Waals surface area contributed by atoms with Gasteiger partial charge >= 0.3 is 0 Å². The molecule has 2 aromatic carbocycles. The van der Waals surface area contributed by atoms with Crippen molar-refractivity contribution in [2.45, 2.75) is 4.34 Å². The average molecular weight is 535 g/mol. The van der Waals surface area contributed by atoms with Crippen molar-refractivity contribution in [3.8, 4) is 23.3 Å². The van der Waals surface area contributed by atoms with Crippen molar-refractivity contribution in [1.82, 2.24) is 10.2 Å². The molecule has 0 aliphatic carbocycles. The number of aromatic nitrogens is 2. The van der Waals surface area contributed by atoms with E-state index in [2.05, 4.69) is 15.5 Å². The Hall–Kier alpha value is -3.66. The number of anilines is 1. The van der Waals surface area contributed by atoms with E-state index in [0.29, 0.717) is 28.4 Å². The molecule has 1 N–H and O–H groups in total. The van der Waals surface area contributed by atoms with Crippen molar-refractivity contribution in [2.75, 3.05) is 31.9 Å². The molecule has 1 heterocycles. The van der Waals surface area contributed by atoms with E-state index in [-0.39, 0.29) is 33.3 Å².